The van der Waals surface area contributed by atoms with Crippen molar-refractivity contribution in [3.63, 3.8) is 0 Å². The maximum Gasteiger partial charge on any atom is 0.401 e. The normalized spacial score (nSPS) is 21.9. The Morgan fingerprint density at radius 1 is 1.50 bits per heavy atom. The molecule has 4 nitrogen and oxygen atoms in total. The number of likely N-dealkylation sites (tertiary alicyclic amines) is 1. The van der Waals surface area contributed by atoms with E-state index in [1.165, 1.54) is 4.90 Å². The summed E-state index contributed by atoms with van der Waals surface area (Å²) in [7, 11) is 0. The highest BCUT2D eigenvalue weighted by Gasteiger charge is 2.34. The van der Waals surface area contributed by atoms with Crippen LogP contribution in [-0.2, 0) is 4.79 Å². The SMILES string of the molecule is CC(CCCN)C(=O)NCC1CCN(CC(F)(F)F)C1. The fraction of sp³-hybridized carbons (Fsp3) is 0.923. The zero-order valence-corrected chi connectivity index (χ0v) is 11.9. The molecule has 20 heavy (non-hydrogen) atoms. The van der Waals surface area contributed by atoms with Gasteiger partial charge in [-0.1, -0.05) is 6.92 Å². The second kappa shape index (κ2) is 7.83. The minimum Gasteiger partial charge on any atom is -0.356 e. The summed E-state index contributed by atoms with van der Waals surface area (Å²) in [6.07, 6.45) is -1.90. The maximum atomic E-state index is 12.3. The van der Waals surface area contributed by atoms with E-state index in [4.69, 9.17) is 5.73 Å². The molecule has 3 N–H and O–H groups in total. The van der Waals surface area contributed by atoms with Crippen molar-refractivity contribution in [1.82, 2.24) is 10.2 Å². The molecule has 1 fully saturated rings. The van der Waals surface area contributed by atoms with Gasteiger partial charge in [0.05, 0.1) is 6.54 Å². The van der Waals surface area contributed by atoms with Crippen LogP contribution in [-0.4, -0.2) is 49.7 Å². The van der Waals surface area contributed by atoms with Crippen LogP contribution < -0.4 is 11.1 Å². The fourth-order valence-corrected chi connectivity index (χ4v) is 2.45. The van der Waals surface area contributed by atoms with Gasteiger partial charge >= 0.3 is 6.18 Å². The predicted octanol–water partition coefficient (Wildman–Crippen LogP) is 1.36. The van der Waals surface area contributed by atoms with E-state index in [-0.39, 0.29) is 17.7 Å². The number of halogens is 3. The Morgan fingerprint density at radius 3 is 2.80 bits per heavy atom. The number of alkyl halides is 3. The van der Waals surface area contributed by atoms with Crippen molar-refractivity contribution in [1.29, 1.82) is 0 Å². The lowest BCUT2D eigenvalue weighted by Gasteiger charge is -2.18. The quantitative estimate of drug-likeness (QED) is 0.745. The lowest BCUT2D eigenvalue weighted by molar-refractivity contribution is -0.143. The number of hydrogen-bond acceptors (Lipinski definition) is 3. The zero-order valence-electron chi connectivity index (χ0n) is 11.9. The number of nitrogens with two attached hydrogens (primary N) is 1. The molecule has 1 rings (SSSR count). The average molecular weight is 295 g/mol. The van der Waals surface area contributed by atoms with E-state index in [2.05, 4.69) is 5.32 Å². The Bertz CT molecular complexity index is 310. The lowest BCUT2D eigenvalue weighted by Crippen LogP contribution is -2.36. The molecule has 2 atom stereocenters. The number of amides is 1. The van der Waals surface area contributed by atoms with Gasteiger partial charge in [-0.05, 0) is 38.3 Å². The highest BCUT2D eigenvalue weighted by molar-refractivity contribution is 5.78. The summed E-state index contributed by atoms with van der Waals surface area (Å²) in [6.45, 7) is 2.85. The molecular weight excluding hydrogens is 271 g/mol. The van der Waals surface area contributed by atoms with Gasteiger partial charge in [-0.15, -0.1) is 0 Å². The van der Waals surface area contributed by atoms with Crippen molar-refractivity contribution in [3.8, 4) is 0 Å². The average Bonchev–Trinajstić information content (AvgIpc) is 2.78. The Kier molecular flexibility index (Phi) is 6.75. The third-order valence-electron chi connectivity index (χ3n) is 3.63. The van der Waals surface area contributed by atoms with Gasteiger partial charge in [0.15, 0.2) is 0 Å². The minimum absolute atomic E-state index is 0.0345. The summed E-state index contributed by atoms with van der Waals surface area (Å²) >= 11 is 0. The van der Waals surface area contributed by atoms with Gasteiger partial charge in [0.1, 0.15) is 0 Å². The van der Waals surface area contributed by atoms with E-state index in [1.807, 2.05) is 6.92 Å². The van der Waals surface area contributed by atoms with E-state index in [9.17, 15) is 18.0 Å². The molecule has 1 heterocycles. The maximum absolute atomic E-state index is 12.3. The number of carbonyl (C=O) groups is 1. The monoisotopic (exact) mass is 295 g/mol. The van der Waals surface area contributed by atoms with Crippen LogP contribution in [0.25, 0.3) is 0 Å². The van der Waals surface area contributed by atoms with Crippen LogP contribution in [0.1, 0.15) is 26.2 Å². The second-order valence-electron chi connectivity index (χ2n) is 5.58. The molecule has 1 amide bonds. The largest absolute Gasteiger partial charge is 0.401 e. The van der Waals surface area contributed by atoms with Crippen LogP contribution in [0.3, 0.4) is 0 Å². The molecule has 0 spiro atoms. The molecule has 0 saturated carbocycles. The van der Waals surface area contributed by atoms with Crippen molar-refractivity contribution >= 4 is 5.91 Å². The van der Waals surface area contributed by atoms with E-state index in [0.29, 0.717) is 32.6 Å². The van der Waals surface area contributed by atoms with Gasteiger partial charge in [-0.25, -0.2) is 0 Å². The fourth-order valence-electron chi connectivity index (χ4n) is 2.45. The van der Waals surface area contributed by atoms with Crippen molar-refractivity contribution < 1.29 is 18.0 Å². The highest BCUT2D eigenvalue weighted by Crippen LogP contribution is 2.22. The number of carbonyl (C=O) groups excluding carboxylic acids is 1. The van der Waals surface area contributed by atoms with Crippen LogP contribution in [0, 0.1) is 11.8 Å². The van der Waals surface area contributed by atoms with E-state index < -0.39 is 12.7 Å². The van der Waals surface area contributed by atoms with Gasteiger partial charge in [-0.3, -0.25) is 9.69 Å². The zero-order chi connectivity index (χ0) is 15.2. The molecule has 7 heteroatoms. The third kappa shape index (κ3) is 6.56. The van der Waals surface area contributed by atoms with Crippen molar-refractivity contribution in [2.75, 3.05) is 32.7 Å². The number of hydrogen-bond donors (Lipinski definition) is 2. The summed E-state index contributed by atoms with van der Waals surface area (Å²) in [5.41, 5.74) is 5.39. The number of nitrogens with one attached hydrogen (secondary N) is 1. The van der Waals surface area contributed by atoms with Crippen LogP contribution in [0.4, 0.5) is 13.2 Å². The first-order chi connectivity index (χ1) is 9.31. The van der Waals surface area contributed by atoms with Crippen molar-refractivity contribution in [2.45, 2.75) is 32.4 Å². The molecule has 0 aromatic rings. The highest BCUT2D eigenvalue weighted by atomic mass is 19.4. The van der Waals surface area contributed by atoms with E-state index in [1.54, 1.807) is 0 Å². The summed E-state index contributed by atoms with van der Waals surface area (Å²) in [5.74, 6) is -0.0121. The molecule has 0 aromatic heterocycles. The molecule has 118 valence electrons. The molecule has 0 aromatic carbocycles. The molecule has 1 aliphatic rings. The standard InChI is InChI=1S/C13H24F3N3O/c1-10(3-2-5-17)12(20)18-7-11-4-6-19(8-11)9-13(14,15)16/h10-11H,2-9,17H2,1H3,(H,18,20). The minimum atomic E-state index is -4.14. The number of nitrogens with zero attached hydrogens (tertiary/aromatic N) is 1. The number of rotatable bonds is 7. The van der Waals surface area contributed by atoms with Crippen molar-refractivity contribution in [2.24, 2.45) is 17.6 Å². The summed E-state index contributed by atoms with van der Waals surface area (Å²) in [4.78, 5) is 13.2. The summed E-state index contributed by atoms with van der Waals surface area (Å²) in [6, 6.07) is 0. The smallest absolute Gasteiger partial charge is 0.356 e. The molecule has 0 radical (unpaired) electrons. The van der Waals surface area contributed by atoms with Crippen molar-refractivity contribution in [3.05, 3.63) is 0 Å². The van der Waals surface area contributed by atoms with Crippen LogP contribution in [0.2, 0.25) is 0 Å². The van der Waals surface area contributed by atoms with Crippen LogP contribution in [0.15, 0.2) is 0 Å². The van der Waals surface area contributed by atoms with Gasteiger partial charge in [0.2, 0.25) is 5.91 Å². The Morgan fingerprint density at radius 2 is 2.20 bits per heavy atom. The molecule has 1 saturated heterocycles. The first kappa shape index (κ1) is 17.2. The summed E-state index contributed by atoms with van der Waals surface area (Å²) < 4.78 is 36.8. The Labute approximate surface area is 117 Å². The topological polar surface area (TPSA) is 58.4 Å². The van der Waals surface area contributed by atoms with Gasteiger partial charge in [0.25, 0.3) is 0 Å². The molecule has 0 aliphatic carbocycles. The van der Waals surface area contributed by atoms with Gasteiger partial charge in [-0.2, -0.15) is 13.2 Å². The Hall–Kier alpha value is -0.820. The summed E-state index contributed by atoms with van der Waals surface area (Å²) in [5, 5.41) is 2.83. The second-order valence-corrected chi connectivity index (χ2v) is 5.58. The van der Waals surface area contributed by atoms with Crippen LogP contribution >= 0.6 is 0 Å². The first-order valence-electron chi connectivity index (χ1n) is 7.08. The molecule has 0 bridgehead atoms. The molecule has 2 unspecified atom stereocenters. The lowest BCUT2D eigenvalue weighted by atomic mass is 10.0. The Balaban J connectivity index is 2.22. The predicted molar refractivity (Wildman–Crippen MR) is 71.1 cm³/mol. The molecule has 1 aliphatic heterocycles. The first-order valence-corrected chi connectivity index (χ1v) is 7.08. The van der Waals surface area contributed by atoms with Gasteiger partial charge < -0.3 is 11.1 Å². The van der Waals surface area contributed by atoms with E-state index in [0.717, 1.165) is 12.8 Å². The molecular formula is C13H24F3N3O. The van der Waals surface area contributed by atoms with Crippen LogP contribution in [0.5, 0.6) is 0 Å². The van der Waals surface area contributed by atoms with Gasteiger partial charge in [0, 0.05) is 19.0 Å². The third-order valence-corrected chi connectivity index (χ3v) is 3.63. The van der Waals surface area contributed by atoms with E-state index >= 15 is 0 Å².